The zero-order valence-corrected chi connectivity index (χ0v) is 15.6. The van der Waals surface area contributed by atoms with E-state index in [2.05, 4.69) is 5.32 Å². The lowest BCUT2D eigenvalue weighted by molar-refractivity contribution is -0.122. The summed E-state index contributed by atoms with van der Waals surface area (Å²) in [7, 11) is 0. The van der Waals surface area contributed by atoms with Crippen LogP contribution in [0.1, 0.15) is 55.8 Å². The highest BCUT2D eigenvalue weighted by Crippen LogP contribution is 2.32. The quantitative estimate of drug-likeness (QED) is 0.863. The molecule has 138 valence electrons. The fourth-order valence-corrected chi connectivity index (χ4v) is 3.82. The van der Waals surface area contributed by atoms with Crippen molar-refractivity contribution in [2.45, 2.75) is 51.0 Å². The molecule has 1 heterocycles. The highest BCUT2D eigenvalue weighted by atomic mass is 35.5. The van der Waals surface area contributed by atoms with Gasteiger partial charge >= 0.3 is 0 Å². The second-order valence-electron chi connectivity index (χ2n) is 7.37. The first kappa shape index (κ1) is 19.7. The number of anilines is 1. The van der Waals surface area contributed by atoms with Gasteiger partial charge in [0.25, 0.3) is 5.91 Å². The number of nitrogens with zero attached hydrogens (tertiary/aromatic N) is 1. The van der Waals surface area contributed by atoms with E-state index in [4.69, 9.17) is 5.73 Å². The van der Waals surface area contributed by atoms with Gasteiger partial charge in [-0.05, 0) is 56.9 Å². The number of rotatable bonds is 3. The van der Waals surface area contributed by atoms with Crippen molar-refractivity contribution < 1.29 is 9.59 Å². The van der Waals surface area contributed by atoms with E-state index in [9.17, 15) is 9.59 Å². The van der Waals surface area contributed by atoms with Crippen molar-refractivity contribution in [1.29, 1.82) is 0 Å². The lowest BCUT2D eigenvalue weighted by Crippen LogP contribution is -2.51. The van der Waals surface area contributed by atoms with Crippen LogP contribution < -0.4 is 11.1 Å². The summed E-state index contributed by atoms with van der Waals surface area (Å²) in [5.74, 6) is -0.0948. The summed E-state index contributed by atoms with van der Waals surface area (Å²) >= 11 is 0. The molecule has 2 atom stereocenters. The molecule has 1 aromatic rings. The lowest BCUT2D eigenvalue weighted by atomic mass is 9.74. The van der Waals surface area contributed by atoms with Crippen LogP contribution in [0.15, 0.2) is 24.3 Å². The van der Waals surface area contributed by atoms with Gasteiger partial charge in [-0.25, -0.2) is 0 Å². The monoisotopic (exact) mass is 365 g/mol. The van der Waals surface area contributed by atoms with Crippen LogP contribution in [0.2, 0.25) is 0 Å². The topological polar surface area (TPSA) is 75.4 Å². The number of carbonyl (C=O) groups is 2. The van der Waals surface area contributed by atoms with Gasteiger partial charge in [-0.15, -0.1) is 12.4 Å². The maximum atomic E-state index is 12.5. The third kappa shape index (κ3) is 4.53. The summed E-state index contributed by atoms with van der Waals surface area (Å²) in [5.41, 5.74) is 7.26. The van der Waals surface area contributed by atoms with Crippen molar-refractivity contribution in [3.05, 3.63) is 29.8 Å². The molecule has 3 rings (SSSR count). The molecule has 2 aliphatic rings. The minimum atomic E-state index is -0.437. The maximum absolute atomic E-state index is 12.5. The van der Waals surface area contributed by atoms with Crippen molar-refractivity contribution in [2.24, 2.45) is 11.7 Å². The van der Waals surface area contributed by atoms with E-state index in [1.165, 1.54) is 0 Å². The molecular weight excluding hydrogens is 338 g/mol. The Balaban J connectivity index is 0.00000225. The Bertz CT molecular complexity index is 610. The molecule has 5 nitrogen and oxygen atoms in total. The molecule has 2 fully saturated rings. The van der Waals surface area contributed by atoms with E-state index in [0.717, 1.165) is 57.3 Å². The summed E-state index contributed by atoms with van der Waals surface area (Å²) < 4.78 is 0. The first-order chi connectivity index (χ1) is 11.5. The average molecular weight is 366 g/mol. The average Bonchev–Trinajstić information content (AvgIpc) is 3.09. The molecule has 1 saturated carbocycles. The van der Waals surface area contributed by atoms with Crippen molar-refractivity contribution in [1.82, 2.24) is 4.90 Å². The van der Waals surface area contributed by atoms with Crippen LogP contribution in [0.4, 0.5) is 5.69 Å². The van der Waals surface area contributed by atoms with Crippen LogP contribution in [0.25, 0.3) is 0 Å². The summed E-state index contributed by atoms with van der Waals surface area (Å²) in [6, 6.07) is 7.19. The van der Waals surface area contributed by atoms with Crippen molar-refractivity contribution >= 4 is 29.9 Å². The smallest absolute Gasteiger partial charge is 0.253 e. The third-order valence-electron chi connectivity index (χ3n) is 5.36. The van der Waals surface area contributed by atoms with Crippen LogP contribution in [0.3, 0.4) is 0 Å². The van der Waals surface area contributed by atoms with Gasteiger partial charge in [0.05, 0.1) is 5.92 Å². The number of nitrogens with one attached hydrogen (secondary N) is 1. The van der Waals surface area contributed by atoms with E-state index in [1.54, 1.807) is 24.3 Å². The van der Waals surface area contributed by atoms with E-state index < -0.39 is 5.54 Å². The zero-order valence-electron chi connectivity index (χ0n) is 14.8. The molecule has 1 saturated heterocycles. The Kier molecular flexibility index (Phi) is 6.47. The third-order valence-corrected chi connectivity index (χ3v) is 5.36. The van der Waals surface area contributed by atoms with E-state index >= 15 is 0 Å². The number of likely N-dealkylation sites (tertiary alicyclic amines) is 1. The van der Waals surface area contributed by atoms with Crippen molar-refractivity contribution in [3.8, 4) is 0 Å². The fourth-order valence-electron chi connectivity index (χ4n) is 3.82. The number of halogens is 1. The van der Waals surface area contributed by atoms with Gasteiger partial charge in [-0.2, -0.15) is 0 Å². The van der Waals surface area contributed by atoms with Crippen LogP contribution >= 0.6 is 12.4 Å². The van der Waals surface area contributed by atoms with E-state index in [0.29, 0.717) is 5.56 Å². The van der Waals surface area contributed by atoms with Gasteiger partial charge in [0, 0.05) is 29.9 Å². The lowest BCUT2D eigenvalue weighted by Gasteiger charge is -2.37. The summed E-state index contributed by atoms with van der Waals surface area (Å²) in [5, 5.41) is 2.96. The van der Waals surface area contributed by atoms with Gasteiger partial charge < -0.3 is 16.0 Å². The number of benzene rings is 1. The molecule has 3 N–H and O–H groups in total. The molecule has 6 heteroatoms. The molecule has 0 radical (unpaired) electrons. The Morgan fingerprint density at radius 2 is 1.76 bits per heavy atom. The largest absolute Gasteiger partial charge is 0.339 e. The first-order valence-corrected chi connectivity index (χ1v) is 8.96. The molecular formula is C19H28ClN3O2. The number of nitrogens with two attached hydrogens (primary N) is 1. The van der Waals surface area contributed by atoms with Crippen molar-refractivity contribution in [3.63, 3.8) is 0 Å². The molecule has 0 spiro atoms. The fraction of sp³-hybridized carbons (Fsp3) is 0.579. The molecule has 2 unspecified atom stereocenters. The first-order valence-electron chi connectivity index (χ1n) is 8.96. The SMILES string of the molecule is CC1(N)CCCCC1C(=O)Nc1ccc(C(=O)N2CCCC2)cc1.Cl. The predicted octanol–water partition coefficient (Wildman–Crippen LogP) is 3.19. The van der Waals surface area contributed by atoms with E-state index in [1.807, 2.05) is 11.8 Å². The number of hydrogen-bond acceptors (Lipinski definition) is 3. The highest BCUT2D eigenvalue weighted by molar-refractivity contribution is 5.96. The van der Waals surface area contributed by atoms with Gasteiger partial charge in [0.15, 0.2) is 0 Å². The van der Waals surface area contributed by atoms with Gasteiger partial charge in [0.2, 0.25) is 5.91 Å². The molecule has 1 aromatic carbocycles. The van der Waals surface area contributed by atoms with Gasteiger partial charge in [-0.3, -0.25) is 9.59 Å². The van der Waals surface area contributed by atoms with Gasteiger partial charge in [-0.1, -0.05) is 12.8 Å². The summed E-state index contributed by atoms with van der Waals surface area (Å²) in [6.45, 7) is 3.65. The van der Waals surface area contributed by atoms with Crippen molar-refractivity contribution in [2.75, 3.05) is 18.4 Å². The number of hydrogen-bond donors (Lipinski definition) is 2. The van der Waals surface area contributed by atoms with Crippen LogP contribution in [-0.4, -0.2) is 35.3 Å². The minimum absolute atomic E-state index is 0. The Morgan fingerprint density at radius 3 is 2.36 bits per heavy atom. The Labute approximate surface area is 155 Å². The van der Waals surface area contributed by atoms with Crippen LogP contribution in [0, 0.1) is 5.92 Å². The predicted molar refractivity (Wildman–Crippen MR) is 102 cm³/mol. The maximum Gasteiger partial charge on any atom is 0.253 e. The molecule has 25 heavy (non-hydrogen) atoms. The number of carbonyl (C=O) groups excluding carboxylic acids is 2. The Morgan fingerprint density at radius 1 is 1.12 bits per heavy atom. The molecule has 1 aliphatic carbocycles. The highest BCUT2D eigenvalue weighted by Gasteiger charge is 2.37. The molecule has 0 aromatic heterocycles. The second-order valence-corrected chi connectivity index (χ2v) is 7.37. The summed E-state index contributed by atoms with van der Waals surface area (Å²) in [6.07, 6.45) is 6.02. The van der Waals surface area contributed by atoms with Gasteiger partial charge in [0.1, 0.15) is 0 Å². The molecule has 0 bridgehead atoms. The van der Waals surface area contributed by atoms with Crippen LogP contribution in [-0.2, 0) is 4.79 Å². The molecule has 1 aliphatic heterocycles. The van der Waals surface area contributed by atoms with Crippen LogP contribution in [0.5, 0.6) is 0 Å². The zero-order chi connectivity index (χ0) is 17.2. The summed E-state index contributed by atoms with van der Waals surface area (Å²) in [4.78, 5) is 26.8. The van der Waals surface area contributed by atoms with E-state index in [-0.39, 0.29) is 30.1 Å². The molecule has 2 amide bonds. The number of amides is 2. The standard InChI is InChI=1S/C19H27N3O2.ClH/c1-19(20)11-3-2-6-16(19)17(23)21-15-9-7-14(8-10-15)18(24)22-12-4-5-13-22;/h7-10,16H,2-6,11-13,20H2,1H3,(H,21,23);1H. The normalized spacial score (nSPS) is 26.0. The minimum Gasteiger partial charge on any atom is -0.339 e. The Hall–Kier alpha value is -1.59. The second kappa shape index (κ2) is 8.19.